The van der Waals surface area contributed by atoms with Crippen molar-refractivity contribution in [1.82, 2.24) is 20.0 Å². The highest BCUT2D eigenvalue weighted by Crippen LogP contribution is 2.09. The lowest BCUT2D eigenvalue weighted by Crippen LogP contribution is -2.54. The number of amides is 1. The first-order valence-electron chi connectivity index (χ1n) is 9.19. The maximum Gasteiger partial charge on any atom is 0.236 e. The highest BCUT2D eigenvalue weighted by molar-refractivity contribution is 7.98. The summed E-state index contributed by atoms with van der Waals surface area (Å²) in [6.45, 7) is 7.22. The third-order valence-electron chi connectivity index (χ3n) is 4.76. The molecule has 2 aliphatic rings. The van der Waals surface area contributed by atoms with Crippen LogP contribution in [0.1, 0.15) is 25.7 Å². The van der Waals surface area contributed by atoms with E-state index in [4.69, 9.17) is 0 Å². The minimum Gasteiger partial charge on any atom is -0.356 e. The molecule has 0 radical (unpaired) electrons. The average Bonchev–Trinajstić information content (AvgIpc) is 3.14. The largest absolute Gasteiger partial charge is 0.356 e. The summed E-state index contributed by atoms with van der Waals surface area (Å²) in [5.74, 6) is 2.53. The van der Waals surface area contributed by atoms with Crippen LogP contribution in [0.4, 0.5) is 0 Å². The van der Waals surface area contributed by atoms with Crippen molar-refractivity contribution in [2.75, 3.05) is 71.4 Å². The Balaban J connectivity index is 1.65. The van der Waals surface area contributed by atoms with E-state index in [9.17, 15) is 4.79 Å². The summed E-state index contributed by atoms with van der Waals surface area (Å²) in [5.41, 5.74) is 0. The molecule has 138 valence electrons. The van der Waals surface area contributed by atoms with Gasteiger partial charge in [0.2, 0.25) is 5.91 Å². The Kier molecular flexibility index (Phi) is 8.74. The Bertz CT molecular complexity index is 404. The summed E-state index contributed by atoms with van der Waals surface area (Å²) < 4.78 is 0. The van der Waals surface area contributed by atoms with Gasteiger partial charge < -0.3 is 15.1 Å². The average molecular weight is 356 g/mol. The van der Waals surface area contributed by atoms with Gasteiger partial charge in [-0.1, -0.05) is 0 Å². The number of likely N-dealkylation sites (tertiary alicyclic amines) is 1. The predicted octanol–water partition coefficient (Wildman–Crippen LogP) is 0.945. The maximum absolute atomic E-state index is 12.2. The first-order chi connectivity index (χ1) is 11.7. The van der Waals surface area contributed by atoms with Crippen LogP contribution in [0.15, 0.2) is 4.99 Å². The van der Waals surface area contributed by atoms with E-state index in [1.54, 1.807) is 0 Å². The number of thioether (sulfide) groups is 1. The van der Waals surface area contributed by atoms with Gasteiger partial charge in [-0.2, -0.15) is 11.8 Å². The Morgan fingerprint density at radius 3 is 2.38 bits per heavy atom. The molecule has 0 unspecified atom stereocenters. The van der Waals surface area contributed by atoms with Gasteiger partial charge in [0.15, 0.2) is 5.96 Å². The summed E-state index contributed by atoms with van der Waals surface area (Å²) in [7, 11) is 1.85. The Morgan fingerprint density at radius 1 is 1.04 bits per heavy atom. The molecule has 0 aromatic rings. The molecule has 0 atom stereocenters. The number of hydrogen-bond donors (Lipinski definition) is 1. The van der Waals surface area contributed by atoms with Crippen LogP contribution in [0.2, 0.25) is 0 Å². The predicted molar refractivity (Wildman–Crippen MR) is 103 cm³/mol. The second kappa shape index (κ2) is 10.8. The van der Waals surface area contributed by atoms with Crippen molar-refractivity contribution in [3.05, 3.63) is 0 Å². The third-order valence-corrected chi connectivity index (χ3v) is 5.46. The maximum atomic E-state index is 12.2. The summed E-state index contributed by atoms with van der Waals surface area (Å²) in [4.78, 5) is 23.3. The normalized spacial score (nSPS) is 19.8. The zero-order valence-electron chi connectivity index (χ0n) is 15.3. The van der Waals surface area contributed by atoms with Crippen LogP contribution in [0.3, 0.4) is 0 Å². The Hall–Kier alpha value is -0.950. The zero-order chi connectivity index (χ0) is 17.2. The fourth-order valence-electron chi connectivity index (χ4n) is 3.28. The second-order valence-electron chi connectivity index (χ2n) is 6.52. The van der Waals surface area contributed by atoms with Crippen LogP contribution in [0, 0.1) is 0 Å². The molecule has 24 heavy (non-hydrogen) atoms. The molecule has 0 aliphatic carbocycles. The molecular formula is C17H33N5OS. The van der Waals surface area contributed by atoms with Crippen LogP contribution in [-0.2, 0) is 4.79 Å². The lowest BCUT2D eigenvalue weighted by Gasteiger charge is -2.36. The zero-order valence-corrected chi connectivity index (χ0v) is 16.1. The van der Waals surface area contributed by atoms with Crippen molar-refractivity contribution >= 4 is 23.6 Å². The smallest absolute Gasteiger partial charge is 0.236 e. The van der Waals surface area contributed by atoms with Crippen molar-refractivity contribution in [2.45, 2.75) is 25.7 Å². The molecule has 7 heteroatoms. The summed E-state index contributed by atoms with van der Waals surface area (Å²) >= 11 is 1.90. The van der Waals surface area contributed by atoms with Crippen molar-refractivity contribution in [3.63, 3.8) is 0 Å². The molecule has 2 heterocycles. The van der Waals surface area contributed by atoms with Crippen molar-refractivity contribution in [1.29, 1.82) is 0 Å². The standard InChI is InChI=1S/C17H33N5OS/c1-18-17(19-7-3-6-14-24-2)22-12-10-20(11-13-22)15-16(23)21-8-4-5-9-21/h3-15H2,1-2H3,(H,18,19). The number of nitrogens with one attached hydrogen (secondary N) is 1. The van der Waals surface area contributed by atoms with Crippen LogP contribution >= 0.6 is 11.8 Å². The molecule has 0 aromatic heterocycles. The van der Waals surface area contributed by atoms with E-state index in [1.165, 1.54) is 31.4 Å². The van der Waals surface area contributed by atoms with E-state index in [0.29, 0.717) is 12.5 Å². The molecule has 0 saturated carbocycles. The van der Waals surface area contributed by atoms with Gasteiger partial charge in [0.25, 0.3) is 0 Å². The van der Waals surface area contributed by atoms with E-state index in [1.807, 2.05) is 23.7 Å². The van der Waals surface area contributed by atoms with E-state index in [0.717, 1.165) is 51.8 Å². The highest BCUT2D eigenvalue weighted by Gasteiger charge is 2.24. The summed E-state index contributed by atoms with van der Waals surface area (Å²) in [6, 6.07) is 0. The van der Waals surface area contributed by atoms with Gasteiger partial charge in [0.1, 0.15) is 0 Å². The second-order valence-corrected chi connectivity index (χ2v) is 7.51. The van der Waals surface area contributed by atoms with Crippen LogP contribution in [0.25, 0.3) is 0 Å². The van der Waals surface area contributed by atoms with Gasteiger partial charge in [0.05, 0.1) is 6.54 Å². The van der Waals surface area contributed by atoms with Gasteiger partial charge in [-0.05, 0) is 37.7 Å². The topological polar surface area (TPSA) is 51.2 Å². The highest BCUT2D eigenvalue weighted by atomic mass is 32.2. The van der Waals surface area contributed by atoms with E-state index >= 15 is 0 Å². The lowest BCUT2D eigenvalue weighted by molar-refractivity contribution is -0.131. The first kappa shape index (κ1) is 19.4. The lowest BCUT2D eigenvalue weighted by atomic mass is 10.3. The summed E-state index contributed by atoms with van der Waals surface area (Å²) in [6.07, 6.45) is 6.92. The number of piperazine rings is 1. The molecule has 2 fully saturated rings. The minimum atomic E-state index is 0.303. The monoisotopic (exact) mass is 355 g/mol. The molecule has 0 aromatic carbocycles. The van der Waals surface area contributed by atoms with E-state index in [2.05, 4.69) is 26.4 Å². The number of aliphatic imine (C=N–C) groups is 1. The van der Waals surface area contributed by atoms with Crippen molar-refractivity contribution in [2.24, 2.45) is 4.99 Å². The Morgan fingerprint density at radius 2 is 1.75 bits per heavy atom. The van der Waals surface area contributed by atoms with Crippen molar-refractivity contribution in [3.8, 4) is 0 Å². The molecule has 0 bridgehead atoms. The first-order valence-corrected chi connectivity index (χ1v) is 10.6. The number of carbonyl (C=O) groups is 1. The van der Waals surface area contributed by atoms with Gasteiger partial charge in [-0.25, -0.2) is 0 Å². The quantitative estimate of drug-likeness (QED) is 0.419. The third kappa shape index (κ3) is 6.16. The number of carbonyl (C=O) groups excluding carboxylic acids is 1. The molecule has 2 saturated heterocycles. The fraction of sp³-hybridized carbons (Fsp3) is 0.882. The van der Waals surface area contributed by atoms with Gasteiger partial charge in [-0.3, -0.25) is 14.7 Å². The minimum absolute atomic E-state index is 0.303. The van der Waals surface area contributed by atoms with Crippen LogP contribution in [0.5, 0.6) is 0 Å². The van der Waals surface area contributed by atoms with E-state index in [-0.39, 0.29) is 0 Å². The summed E-state index contributed by atoms with van der Waals surface area (Å²) in [5, 5.41) is 3.47. The molecule has 0 spiro atoms. The van der Waals surface area contributed by atoms with Crippen LogP contribution in [-0.4, -0.2) is 98.0 Å². The number of unbranched alkanes of at least 4 members (excludes halogenated alkanes) is 1. The van der Waals surface area contributed by atoms with Crippen molar-refractivity contribution < 1.29 is 4.79 Å². The SMILES string of the molecule is CN=C(NCCCCSC)N1CCN(CC(=O)N2CCCC2)CC1. The molecule has 6 nitrogen and oxygen atoms in total. The fourth-order valence-corrected chi connectivity index (χ4v) is 3.77. The number of guanidine groups is 1. The van der Waals surface area contributed by atoms with Gasteiger partial charge >= 0.3 is 0 Å². The number of hydrogen-bond acceptors (Lipinski definition) is 4. The van der Waals surface area contributed by atoms with Gasteiger partial charge in [-0.15, -0.1) is 0 Å². The van der Waals surface area contributed by atoms with Crippen LogP contribution < -0.4 is 5.32 Å². The molecule has 1 N–H and O–H groups in total. The molecular weight excluding hydrogens is 322 g/mol. The van der Waals surface area contributed by atoms with E-state index < -0.39 is 0 Å². The molecule has 2 aliphatic heterocycles. The Labute approximate surface area is 151 Å². The van der Waals surface area contributed by atoms with Gasteiger partial charge in [0, 0.05) is 52.9 Å². The number of nitrogens with zero attached hydrogens (tertiary/aromatic N) is 4. The number of rotatable bonds is 7. The molecule has 1 amide bonds. The molecule has 2 rings (SSSR count).